The Morgan fingerprint density at radius 3 is 1.06 bits per heavy atom. The summed E-state index contributed by atoms with van der Waals surface area (Å²) >= 11 is 0. The van der Waals surface area contributed by atoms with E-state index >= 15 is 0 Å². The Morgan fingerprint density at radius 2 is 0.889 bits per heavy atom. The molecule has 0 atom stereocenters. The second-order valence-electron chi connectivity index (χ2n) is 5.24. The van der Waals surface area contributed by atoms with Crippen molar-refractivity contribution in [3.05, 3.63) is 50.6 Å². The van der Waals surface area contributed by atoms with Gasteiger partial charge in [-0.15, -0.1) is 26.3 Å². The summed E-state index contributed by atoms with van der Waals surface area (Å²) in [5.74, 6) is 0. The fourth-order valence-corrected chi connectivity index (χ4v) is 3.48. The van der Waals surface area contributed by atoms with Crippen molar-refractivity contribution >= 4 is 0 Å². The van der Waals surface area contributed by atoms with Crippen LogP contribution in [-0.4, -0.2) is 22.4 Å². The summed E-state index contributed by atoms with van der Waals surface area (Å²) in [6.07, 6.45) is 8.15. The van der Waals surface area contributed by atoms with Crippen LogP contribution in [0.1, 0.15) is 25.7 Å². The minimum absolute atomic E-state index is 0.546. The minimum atomic E-state index is -0.591. The molecule has 2 heteroatoms. The van der Waals surface area contributed by atoms with Gasteiger partial charge < -0.3 is 10.2 Å². The molecule has 0 aromatic heterocycles. The standard InChI is InChI=1S/C16H24O2/c1-5-9-15(10-6-2)13(17)16(11-7-3,12-8-4)14(15)18/h5-8,13-14,17-18H,1-4,9-12H2/t13-,14-. The van der Waals surface area contributed by atoms with E-state index in [0.717, 1.165) is 0 Å². The third kappa shape index (κ3) is 1.90. The van der Waals surface area contributed by atoms with Crippen LogP contribution in [0.2, 0.25) is 0 Å². The van der Waals surface area contributed by atoms with E-state index < -0.39 is 23.0 Å². The van der Waals surface area contributed by atoms with Crippen LogP contribution in [0.3, 0.4) is 0 Å². The fraction of sp³-hybridized carbons (Fsp3) is 0.500. The molecule has 1 fully saturated rings. The first-order chi connectivity index (χ1) is 8.55. The maximum atomic E-state index is 10.6. The quantitative estimate of drug-likeness (QED) is 0.648. The molecule has 1 rings (SSSR count). The number of rotatable bonds is 8. The van der Waals surface area contributed by atoms with Crippen molar-refractivity contribution in [2.24, 2.45) is 10.8 Å². The van der Waals surface area contributed by atoms with Crippen LogP contribution in [0, 0.1) is 10.8 Å². The molecule has 1 aliphatic carbocycles. The second-order valence-corrected chi connectivity index (χ2v) is 5.24. The van der Waals surface area contributed by atoms with Gasteiger partial charge in [0.1, 0.15) is 0 Å². The highest BCUT2D eigenvalue weighted by atomic mass is 16.3. The van der Waals surface area contributed by atoms with Crippen LogP contribution < -0.4 is 0 Å². The molecule has 0 radical (unpaired) electrons. The summed E-state index contributed by atoms with van der Waals surface area (Å²) < 4.78 is 0. The molecule has 0 heterocycles. The summed E-state index contributed by atoms with van der Waals surface area (Å²) in [6, 6.07) is 0. The normalized spacial score (nSPS) is 27.9. The lowest BCUT2D eigenvalue weighted by Gasteiger charge is -2.64. The molecular weight excluding hydrogens is 224 g/mol. The average Bonchev–Trinajstić information content (AvgIpc) is 2.36. The topological polar surface area (TPSA) is 40.5 Å². The van der Waals surface area contributed by atoms with E-state index in [-0.39, 0.29) is 0 Å². The smallest absolute Gasteiger partial charge is 0.0714 e. The summed E-state index contributed by atoms with van der Waals surface area (Å²) in [6.45, 7) is 14.9. The van der Waals surface area contributed by atoms with Crippen molar-refractivity contribution in [3.63, 3.8) is 0 Å². The van der Waals surface area contributed by atoms with Gasteiger partial charge in [-0.2, -0.15) is 0 Å². The molecule has 2 N–H and O–H groups in total. The Bertz CT molecular complexity index is 277. The maximum absolute atomic E-state index is 10.6. The molecule has 0 spiro atoms. The molecule has 0 amide bonds. The highest BCUT2D eigenvalue weighted by Gasteiger charge is 2.67. The fourth-order valence-electron chi connectivity index (χ4n) is 3.48. The lowest BCUT2D eigenvalue weighted by atomic mass is 9.44. The largest absolute Gasteiger partial charge is 0.392 e. The summed E-state index contributed by atoms with van der Waals surface area (Å²) in [7, 11) is 0. The van der Waals surface area contributed by atoms with Crippen molar-refractivity contribution in [3.8, 4) is 0 Å². The predicted octanol–water partition coefficient (Wildman–Crippen LogP) is 3.00. The third-order valence-corrected chi connectivity index (χ3v) is 4.28. The van der Waals surface area contributed by atoms with Crippen molar-refractivity contribution in [2.45, 2.75) is 37.9 Å². The SMILES string of the molecule is C=CCC1(CC=C)[C@H](O)C(CC=C)(CC=C)[C@H]1O. The number of aliphatic hydroxyl groups excluding tert-OH is 2. The Hall–Kier alpha value is -1.12. The molecule has 0 aliphatic heterocycles. The lowest BCUT2D eigenvalue weighted by molar-refractivity contribution is -0.273. The van der Waals surface area contributed by atoms with E-state index in [9.17, 15) is 10.2 Å². The van der Waals surface area contributed by atoms with Crippen LogP contribution in [0.25, 0.3) is 0 Å². The Morgan fingerprint density at radius 1 is 0.667 bits per heavy atom. The van der Waals surface area contributed by atoms with Crippen molar-refractivity contribution < 1.29 is 10.2 Å². The van der Waals surface area contributed by atoms with E-state index in [0.29, 0.717) is 25.7 Å². The van der Waals surface area contributed by atoms with Gasteiger partial charge in [0.05, 0.1) is 12.2 Å². The first-order valence-electron chi connectivity index (χ1n) is 6.35. The van der Waals surface area contributed by atoms with Crippen LogP contribution in [-0.2, 0) is 0 Å². The van der Waals surface area contributed by atoms with Gasteiger partial charge in [-0.05, 0) is 25.7 Å². The lowest BCUT2D eigenvalue weighted by Crippen LogP contribution is -2.71. The molecule has 0 saturated heterocycles. The monoisotopic (exact) mass is 248 g/mol. The van der Waals surface area contributed by atoms with E-state index in [1.807, 2.05) is 0 Å². The summed E-state index contributed by atoms with van der Waals surface area (Å²) in [5, 5.41) is 21.2. The van der Waals surface area contributed by atoms with Gasteiger partial charge in [0, 0.05) is 10.8 Å². The first-order valence-corrected chi connectivity index (χ1v) is 6.35. The van der Waals surface area contributed by atoms with Gasteiger partial charge in [0.25, 0.3) is 0 Å². The van der Waals surface area contributed by atoms with Crippen molar-refractivity contribution in [1.29, 1.82) is 0 Å². The van der Waals surface area contributed by atoms with E-state index in [2.05, 4.69) is 26.3 Å². The predicted molar refractivity (Wildman–Crippen MR) is 76.1 cm³/mol. The number of allylic oxidation sites excluding steroid dienone is 4. The van der Waals surface area contributed by atoms with Crippen LogP contribution >= 0.6 is 0 Å². The Balaban J connectivity index is 3.07. The van der Waals surface area contributed by atoms with E-state index in [4.69, 9.17) is 0 Å². The first kappa shape index (κ1) is 14.9. The molecular formula is C16H24O2. The molecule has 1 saturated carbocycles. The number of aliphatic hydroxyl groups is 2. The van der Waals surface area contributed by atoms with Gasteiger partial charge in [-0.1, -0.05) is 24.3 Å². The molecule has 0 aromatic carbocycles. The summed E-state index contributed by atoms with van der Waals surface area (Å²) in [5.41, 5.74) is -1.09. The van der Waals surface area contributed by atoms with E-state index in [1.54, 1.807) is 24.3 Å². The minimum Gasteiger partial charge on any atom is -0.392 e. The highest BCUT2D eigenvalue weighted by molar-refractivity contribution is 5.22. The molecule has 0 bridgehead atoms. The zero-order chi connectivity index (χ0) is 13.8. The number of hydrogen-bond donors (Lipinski definition) is 2. The van der Waals surface area contributed by atoms with Crippen LogP contribution in [0.5, 0.6) is 0 Å². The zero-order valence-corrected chi connectivity index (χ0v) is 11.0. The Labute approximate surface area is 110 Å². The third-order valence-electron chi connectivity index (χ3n) is 4.28. The second kappa shape index (κ2) is 5.68. The molecule has 18 heavy (non-hydrogen) atoms. The van der Waals surface area contributed by atoms with Gasteiger partial charge in [-0.25, -0.2) is 0 Å². The maximum Gasteiger partial charge on any atom is 0.0714 e. The molecule has 100 valence electrons. The van der Waals surface area contributed by atoms with E-state index in [1.165, 1.54) is 0 Å². The van der Waals surface area contributed by atoms with Crippen LogP contribution in [0.4, 0.5) is 0 Å². The van der Waals surface area contributed by atoms with Crippen molar-refractivity contribution in [1.82, 2.24) is 0 Å². The average molecular weight is 248 g/mol. The summed E-state index contributed by atoms with van der Waals surface area (Å²) in [4.78, 5) is 0. The van der Waals surface area contributed by atoms with Crippen molar-refractivity contribution in [2.75, 3.05) is 0 Å². The zero-order valence-electron chi connectivity index (χ0n) is 11.0. The Kier molecular flexibility index (Phi) is 4.71. The molecule has 1 aliphatic rings. The molecule has 0 aromatic rings. The highest BCUT2D eigenvalue weighted by Crippen LogP contribution is 2.62. The van der Waals surface area contributed by atoms with Gasteiger partial charge in [-0.3, -0.25) is 0 Å². The number of hydrogen-bond acceptors (Lipinski definition) is 2. The van der Waals surface area contributed by atoms with Crippen LogP contribution in [0.15, 0.2) is 50.6 Å². The molecule has 2 nitrogen and oxygen atoms in total. The molecule has 0 unspecified atom stereocenters. The van der Waals surface area contributed by atoms with Gasteiger partial charge in [0.15, 0.2) is 0 Å². The van der Waals surface area contributed by atoms with Gasteiger partial charge >= 0.3 is 0 Å². The van der Waals surface area contributed by atoms with Gasteiger partial charge in [0.2, 0.25) is 0 Å².